The average Bonchev–Trinajstić information content (AvgIpc) is 2.93. The maximum atomic E-state index is 12.3. The minimum absolute atomic E-state index is 0.193. The monoisotopic (exact) mass is 309 g/mol. The van der Waals surface area contributed by atoms with E-state index in [1.54, 1.807) is 24.7 Å². The van der Waals surface area contributed by atoms with Crippen LogP contribution in [0.5, 0.6) is 5.75 Å². The van der Waals surface area contributed by atoms with Gasteiger partial charge in [0.2, 0.25) is 10.0 Å². The average molecular weight is 309 g/mol. The predicted molar refractivity (Wildman–Crippen MR) is 79.8 cm³/mol. The van der Waals surface area contributed by atoms with Crippen LogP contribution < -0.4 is 4.74 Å². The number of sulfonamides is 1. The first-order valence-electron chi connectivity index (χ1n) is 6.53. The zero-order valence-corrected chi connectivity index (χ0v) is 13.2. The molecule has 7 heteroatoms. The van der Waals surface area contributed by atoms with E-state index in [2.05, 4.69) is 4.98 Å². The normalized spacial score (nSPS) is 11.8. The lowest BCUT2D eigenvalue weighted by Gasteiger charge is -2.16. The summed E-state index contributed by atoms with van der Waals surface area (Å²) < 4.78 is 33.4. The summed E-state index contributed by atoms with van der Waals surface area (Å²) in [6.07, 6.45) is 5.21. The van der Waals surface area contributed by atoms with E-state index in [9.17, 15) is 8.42 Å². The third-order valence-corrected chi connectivity index (χ3v) is 4.86. The van der Waals surface area contributed by atoms with Crippen LogP contribution in [-0.4, -0.2) is 43.0 Å². The molecule has 2 aromatic rings. The van der Waals surface area contributed by atoms with Crippen LogP contribution in [0.2, 0.25) is 0 Å². The van der Waals surface area contributed by atoms with Gasteiger partial charge in [-0.05, 0) is 24.6 Å². The van der Waals surface area contributed by atoms with Gasteiger partial charge >= 0.3 is 0 Å². The van der Waals surface area contributed by atoms with Crippen LogP contribution in [0.4, 0.5) is 0 Å². The summed E-state index contributed by atoms with van der Waals surface area (Å²) in [4.78, 5) is 4.14. The van der Waals surface area contributed by atoms with Crippen molar-refractivity contribution in [2.24, 2.45) is 0 Å². The lowest BCUT2D eigenvalue weighted by molar-refractivity contribution is 0.290. The van der Waals surface area contributed by atoms with Crippen LogP contribution in [0.3, 0.4) is 0 Å². The molecule has 1 heterocycles. The van der Waals surface area contributed by atoms with Gasteiger partial charge in [0, 0.05) is 26.5 Å². The van der Waals surface area contributed by atoms with Crippen molar-refractivity contribution in [2.75, 3.05) is 20.7 Å². The van der Waals surface area contributed by atoms with E-state index >= 15 is 0 Å². The van der Waals surface area contributed by atoms with Crippen molar-refractivity contribution >= 4 is 10.0 Å². The zero-order chi connectivity index (χ0) is 15.5. The molecule has 0 aliphatic rings. The Bertz CT molecular complexity index is 694. The molecule has 0 N–H and O–H groups in total. The Kier molecular flexibility index (Phi) is 4.64. The first-order valence-corrected chi connectivity index (χ1v) is 7.97. The van der Waals surface area contributed by atoms with Gasteiger partial charge in [0.1, 0.15) is 17.3 Å². The van der Waals surface area contributed by atoms with Crippen molar-refractivity contribution in [1.29, 1.82) is 0 Å². The zero-order valence-electron chi connectivity index (χ0n) is 12.4. The molecule has 21 heavy (non-hydrogen) atoms. The molecule has 0 unspecified atom stereocenters. The van der Waals surface area contributed by atoms with Gasteiger partial charge < -0.3 is 9.30 Å². The minimum Gasteiger partial charge on any atom is -0.490 e. The Labute approximate surface area is 125 Å². The van der Waals surface area contributed by atoms with Crippen molar-refractivity contribution in [3.05, 3.63) is 42.5 Å². The molecule has 2 rings (SSSR count). The van der Waals surface area contributed by atoms with Crippen LogP contribution in [0.15, 0.2) is 41.8 Å². The Balaban J connectivity index is 2.19. The summed E-state index contributed by atoms with van der Waals surface area (Å²) in [7, 11) is -0.511. The number of ether oxygens (including phenoxy) is 1. The topological polar surface area (TPSA) is 64.4 Å². The van der Waals surface area contributed by atoms with Gasteiger partial charge in [-0.25, -0.2) is 17.7 Å². The summed E-state index contributed by atoms with van der Waals surface area (Å²) in [6, 6.07) is 5.16. The number of hydrogen-bond donors (Lipinski definition) is 0. The molecule has 6 nitrogen and oxygen atoms in total. The minimum atomic E-state index is -3.53. The van der Waals surface area contributed by atoms with Crippen molar-refractivity contribution in [3.63, 3.8) is 0 Å². The van der Waals surface area contributed by atoms with Gasteiger partial charge in [-0.2, -0.15) is 0 Å². The van der Waals surface area contributed by atoms with Crippen molar-refractivity contribution in [1.82, 2.24) is 13.9 Å². The van der Waals surface area contributed by atoms with E-state index in [-0.39, 0.29) is 4.90 Å². The summed E-state index contributed by atoms with van der Waals surface area (Å²) in [5, 5.41) is 0. The second-order valence-corrected chi connectivity index (χ2v) is 7.01. The smallest absolute Gasteiger partial charge is 0.246 e. The summed E-state index contributed by atoms with van der Waals surface area (Å²) >= 11 is 0. The van der Waals surface area contributed by atoms with E-state index in [0.29, 0.717) is 18.9 Å². The molecule has 114 valence electrons. The molecule has 0 amide bonds. The fourth-order valence-electron chi connectivity index (χ4n) is 1.81. The fourth-order valence-corrected chi connectivity index (χ4v) is 2.92. The van der Waals surface area contributed by atoms with Crippen LogP contribution in [0.1, 0.15) is 5.56 Å². The lowest BCUT2D eigenvalue weighted by atomic mass is 10.2. The summed E-state index contributed by atoms with van der Waals surface area (Å²) in [6.45, 7) is 2.83. The number of aryl methyl sites for hydroxylation is 1. The SMILES string of the molecule is Cc1ccc(OCCn2ccnc2)c(S(=O)(=O)N(C)C)c1. The van der Waals surface area contributed by atoms with Crippen LogP contribution in [0, 0.1) is 6.92 Å². The van der Waals surface area contributed by atoms with E-state index in [4.69, 9.17) is 4.74 Å². The van der Waals surface area contributed by atoms with E-state index in [0.717, 1.165) is 5.56 Å². The molecule has 0 aliphatic carbocycles. The van der Waals surface area contributed by atoms with Crippen molar-refractivity contribution in [3.8, 4) is 5.75 Å². The van der Waals surface area contributed by atoms with Crippen LogP contribution in [0.25, 0.3) is 0 Å². The maximum absolute atomic E-state index is 12.3. The van der Waals surface area contributed by atoms with Crippen LogP contribution in [-0.2, 0) is 16.6 Å². The van der Waals surface area contributed by atoms with Gasteiger partial charge in [0.05, 0.1) is 12.9 Å². The first kappa shape index (κ1) is 15.5. The molecule has 0 fully saturated rings. The maximum Gasteiger partial charge on any atom is 0.246 e. The molecule has 0 radical (unpaired) electrons. The third kappa shape index (κ3) is 3.62. The van der Waals surface area contributed by atoms with Gasteiger partial charge in [-0.15, -0.1) is 0 Å². The Morgan fingerprint density at radius 1 is 1.33 bits per heavy atom. The predicted octanol–water partition coefficient (Wildman–Crippen LogP) is 1.52. The summed E-state index contributed by atoms with van der Waals surface area (Å²) in [5.41, 5.74) is 0.873. The van der Waals surface area contributed by atoms with E-state index < -0.39 is 10.0 Å². The quantitative estimate of drug-likeness (QED) is 0.811. The van der Waals surface area contributed by atoms with Crippen molar-refractivity contribution in [2.45, 2.75) is 18.4 Å². The first-order chi connectivity index (χ1) is 9.91. The molecule has 0 saturated carbocycles. The Hall–Kier alpha value is -1.86. The number of aromatic nitrogens is 2. The van der Waals surface area contributed by atoms with E-state index in [1.165, 1.54) is 18.4 Å². The third-order valence-electron chi connectivity index (χ3n) is 3.02. The Morgan fingerprint density at radius 3 is 2.71 bits per heavy atom. The fraction of sp³-hybridized carbons (Fsp3) is 0.357. The molecule has 0 aliphatic heterocycles. The molecule has 0 spiro atoms. The Morgan fingerprint density at radius 2 is 2.10 bits per heavy atom. The summed E-state index contributed by atoms with van der Waals surface area (Å²) in [5.74, 6) is 0.370. The van der Waals surface area contributed by atoms with Crippen molar-refractivity contribution < 1.29 is 13.2 Å². The highest BCUT2D eigenvalue weighted by molar-refractivity contribution is 7.89. The van der Waals surface area contributed by atoms with Gasteiger partial charge in [-0.3, -0.25) is 0 Å². The highest BCUT2D eigenvalue weighted by Gasteiger charge is 2.22. The number of rotatable bonds is 6. The van der Waals surface area contributed by atoms with Gasteiger partial charge in [0.25, 0.3) is 0 Å². The lowest BCUT2D eigenvalue weighted by Crippen LogP contribution is -2.23. The van der Waals surface area contributed by atoms with E-state index in [1.807, 2.05) is 23.8 Å². The largest absolute Gasteiger partial charge is 0.490 e. The van der Waals surface area contributed by atoms with Gasteiger partial charge in [0.15, 0.2) is 0 Å². The highest BCUT2D eigenvalue weighted by atomic mass is 32.2. The number of nitrogens with zero attached hydrogens (tertiary/aromatic N) is 3. The number of hydrogen-bond acceptors (Lipinski definition) is 4. The molecule has 0 bridgehead atoms. The second kappa shape index (κ2) is 6.28. The highest BCUT2D eigenvalue weighted by Crippen LogP contribution is 2.27. The standard InChI is InChI=1S/C14H19N3O3S/c1-12-4-5-13(14(10-12)21(18,19)16(2)3)20-9-8-17-7-6-15-11-17/h4-7,10-11H,8-9H2,1-3H3. The second-order valence-electron chi connectivity index (χ2n) is 4.89. The van der Waals surface area contributed by atoms with Gasteiger partial charge in [-0.1, -0.05) is 6.07 Å². The molecule has 0 saturated heterocycles. The molecule has 0 atom stereocenters. The van der Waals surface area contributed by atoms with Crippen LogP contribution >= 0.6 is 0 Å². The molecular formula is C14H19N3O3S. The molecule has 1 aromatic carbocycles. The molecule has 1 aromatic heterocycles. The number of imidazole rings is 1. The molecular weight excluding hydrogens is 290 g/mol. The number of benzene rings is 1.